The summed E-state index contributed by atoms with van der Waals surface area (Å²) in [5, 5.41) is 1.08. The first-order valence-electron chi connectivity index (χ1n) is 10.0. The van der Waals surface area contributed by atoms with Crippen molar-refractivity contribution in [3.8, 4) is 0 Å². The highest BCUT2D eigenvalue weighted by atomic mass is 35.5. The number of carbonyl (C=O) groups is 1. The summed E-state index contributed by atoms with van der Waals surface area (Å²) in [6, 6.07) is 5.72. The van der Waals surface area contributed by atoms with Gasteiger partial charge in [0.25, 0.3) is 0 Å². The monoisotopic (exact) mass is 431 g/mol. The van der Waals surface area contributed by atoms with Crippen LogP contribution in [0.15, 0.2) is 18.2 Å². The summed E-state index contributed by atoms with van der Waals surface area (Å²) in [4.78, 5) is 11.3. The molecule has 0 aromatic heterocycles. The molecule has 28 heavy (non-hydrogen) atoms. The zero-order chi connectivity index (χ0) is 20.4. The summed E-state index contributed by atoms with van der Waals surface area (Å²) in [7, 11) is 0. The van der Waals surface area contributed by atoms with Crippen molar-refractivity contribution in [2.45, 2.75) is 63.6 Å². The summed E-state index contributed by atoms with van der Waals surface area (Å²) in [5.74, 6) is -0.116. The molecule has 1 saturated heterocycles. The summed E-state index contributed by atoms with van der Waals surface area (Å²) in [6.45, 7) is 4.00. The van der Waals surface area contributed by atoms with Gasteiger partial charge in [-0.1, -0.05) is 42.1 Å². The minimum atomic E-state index is -0.272. The molecule has 1 heterocycles. The van der Waals surface area contributed by atoms with Gasteiger partial charge < -0.3 is 19.9 Å². The van der Waals surface area contributed by atoms with Gasteiger partial charge in [0.05, 0.1) is 23.3 Å². The number of halogens is 2. The molecule has 0 saturated carbocycles. The molecule has 1 aliphatic rings. The van der Waals surface area contributed by atoms with E-state index in [0.717, 1.165) is 37.7 Å². The van der Waals surface area contributed by atoms with Gasteiger partial charge in [0.2, 0.25) is 0 Å². The lowest BCUT2D eigenvalue weighted by Crippen LogP contribution is -2.45. The van der Waals surface area contributed by atoms with Crippen LogP contribution in [0.4, 0.5) is 0 Å². The third kappa shape index (κ3) is 6.89. The number of benzene rings is 1. The van der Waals surface area contributed by atoms with Crippen molar-refractivity contribution < 1.29 is 19.0 Å². The second-order valence-corrected chi connectivity index (χ2v) is 8.02. The van der Waals surface area contributed by atoms with E-state index in [1.54, 1.807) is 0 Å². The first-order chi connectivity index (χ1) is 13.5. The molecular weight excluding hydrogens is 401 g/mol. The SMILES string of the molecule is CCOC(=O)CCCCCCOC1CC(CN)(c2ccc(Cl)c(Cl)c2)CCO1. The molecule has 2 unspecified atom stereocenters. The first kappa shape index (κ1) is 23.4. The summed E-state index contributed by atoms with van der Waals surface area (Å²) < 4.78 is 16.7. The Morgan fingerprint density at radius 3 is 2.75 bits per heavy atom. The van der Waals surface area contributed by atoms with Crippen LogP contribution in [0, 0.1) is 0 Å². The van der Waals surface area contributed by atoms with Crippen LogP contribution in [0.1, 0.15) is 57.4 Å². The third-order valence-corrected chi connectivity index (χ3v) is 5.99. The Morgan fingerprint density at radius 2 is 2.04 bits per heavy atom. The Morgan fingerprint density at radius 1 is 1.25 bits per heavy atom. The highest BCUT2D eigenvalue weighted by Crippen LogP contribution is 2.39. The van der Waals surface area contributed by atoms with Gasteiger partial charge in [0, 0.05) is 31.4 Å². The van der Waals surface area contributed by atoms with Crippen LogP contribution in [0.2, 0.25) is 10.0 Å². The van der Waals surface area contributed by atoms with Crippen LogP contribution in [0.3, 0.4) is 0 Å². The molecule has 7 heteroatoms. The molecule has 5 nitrogen and oxygen atoms in total. The molecule has 1 aliphatic heterocycles. The quantitative estimate of drug-likeness (QED) is 0.400. The summed E-state index contributed by atoms with van der Waals surface area (Å²) in [5.41, 5.74) is 7.02. The van der Waals surface area contributed by atoms with E-state index < -0.39 is 0 Å². The normalized spacial score (nSPS) is 22.2. The van der Waals surface area contributed by atoms with E-state index in [2.05, 4.69) is 0 Å². The van der Waals surface area contributed by atoms with Crippen LogP contribution in [0.25, 0.3) is 0 Å². The molecule has 0 amide bonds. The minimum absolute atomic E-state index is 0.116. The van der Waals surface area contributed by atoms with Gasteiger partial charge in [0.15, 0.2) is 6.29 Å². The van der Waals surface area contributed by atoms with Crippen molar-refractivity contribution in [2.24, 2.45) is 5.73 Å². The number of hydrogen-bond donors (Lipinski definition) is 1. The fourth-order valence-corrected chi connectivity index (χ4v) is 3.84. The molecule has 0 bridgehead atoms. The Labute approximate surface area is 177 Å². The lowest BCUT2D eigenvalue weighted by Gasteiger charge is -2.40. The Balaban J connectivity index is 1.74. The molecule has 2 atom stereocenters. The van der Waals surface area contributed by atoms with Gasteiger partial charge in [-0.15, -0.1) is 0 Å². The topological polar surface area (TPSA) is 70.8 Å². The van der Waals surface area contributed by atoms with Gasteiger partial charge in [-0.25, -0.2) is 0 Å². The van der Waals surface area contributed by atoms with Crippen molar-refractivity contribution in [2.75, 3.05) is 26.4 Å². The van der Waals surface area contributed by atoms with Crippen molar-refractivity contribution >= 4 is 29.2 Å². The van der Waals surface area contributed by atoms with Crippen LogP contribution in [-0.4, -0.2) is 38.6 Å². The molecular formula is C21H31Cl2NO4. The Kier molecular flexibility index (Phi) is 10.0. The largest absolute Gasteiger partial charge is 0.466 e. The number of esters is 1. The molecule has 1 aromatic carbocycles. The van der Waals surface area contributed by atoms with Crippen LogP contribution in [-0.2, 0) is 24.4 Å². The van der Waals surface area contributed by atoms with E-state index in [1.165, 1.54) is 0 Å². The molecule has 0 aliphatic carbocycles. The van der Waals surface area contributed by atoms with Gasteiger partial charge in [-0.3, -0.25) is 4.79 Å². The smallest absolute Gasteiger partial charge is 0.305 e. The predicted octanol–water partition coefficient (Wildman–Crippen LogP) is 4.86. The average Bonchev–Trinajstić information content (AvgIpc) is 2.69. The lowest BCUT2D eigenvalue weighted by molar-refractivity contribution is -0.179. The van der Waals surface area contributed by atoms with Crippen molar-refractivity contribution in [1.82, 2.24) is 0 Å². The summed E-state index contributed by atoms with van der Waals surface area (Å²) in [6.07, 6.45) is 5.54. The number of nitrogens with two attached hydrogens (primary N) is 1. The number of unbranched alkanes of at least 4 members (excludes halogenated alkanes) is 3. The maximum absolute atomic E-state index is 11.3. The fraction of sp³-hybridized carbons (Fsp3) is 0.667. The molecule has 2 rings (SSSR count). The van der Waals surface area contributed by atoms with Gasteiger partial charge in [0.1, 0.15) is 0 Å². The standard InChI is InChI=1S/C21H31Cl2NO4/c1-2-26-19(25)7-5-3-4-6-11-27-20-14-21(15-24,10-12-28-20)16-8-9-17(22)18(23)13-16/h8-9,13,20H,2-7,10-12,14-15,24H2,1H3. The molecule has 1 aromatic rings. The van der Waals surface area contributed by atoms with Crippen LogP contribution >= 0.6 is 23.2 Å². The molecule has 2 N–H and O–H groups in total. The van der Waals surface area contributed by atoms with Gasteiger partial charge >= 0.3 is 5.97 Å². The lowest BCUT2D eigenvalue weighted by atomic mass is 9.74. The Hall–Kier alpha value is -0.850. The van der Waals surface area contributed by atoms with E-state index in [9.17, 15) is 4.79 Å². The van der Waals surface area contributed by atoms with E-state index >= 15 is 0 Å². The fourth-order valence-electron chi connectivity index (χ4n) is 3.54. The highest BCUT2D eigenvalue weighted by molar-refractivity contribution is 6.42. The Bertz CT molecular complexity index is 628. The number of ether oxygens (including phenoxy) is 3. The second kappa shape index (κ2) is 12.0. The van der Waals surface area contributed by atoms with Crippen molar-refractivity contribution in [1.29, 1.82) is 0 Å². The zero-order valence-electron chi connectivity index (χ0n) is 16.6. The van der Waals surface area contributed by atoms with E-state index in [-0.39, 0.29) is 17.7 Å². The van der Waals surface area contributed by atoms with Crippen LogP contribution in [0.5, 0.6) is 0 Å². The minimum Gasteiger partial charge on any atom is -0.466 e. The number of hydrogen-bond acceptors (Lipinski definition) is 5. The third-order valence-electron chi connectivity index (χ3n) is 5.25. The van der Waals surface area contributed by atoms with E-state index in [0.29, 0.717) is 49.3 Å². The number of carbonyl (C=O) groups excluding carboxylic acids is 1. The van der Waals surface area contributed by atoms with E-state index in [4.69, 9.17) is 43.1 Å². The van der Waals surface area contributed by atoms with E-state index in [1.807, 2.05) is 25.1 Å². The van der Waals surface area contributed by atoms with Gasteiger partial charge in [-0.2, -0.15) is 0 Å². The molecule has 158 valence electrons. The zero-order valence-corrected chi connectivity index (χ0v) is 18.1. The number of rotatable bonds is 11. The maximum atomic E-state index is 11.3. The average molecular weight is 432 g/mol. The van der Waals surface area contributed by atoms with Crippen molar-refractivity contribution in [3.05, 3.63) is 33.8 Å². The first-order valence-corrected chi connectivity index (χ1v) is 10.8. The molecule has 1 fully saturated rings. The predicted molar refractivity (Wildman–Crippen MR) is 112 cm³/mol. The van der Waals surface area contributed by atoms with Gasteiger partial charge in [-0.05, 0) is 43.9 Å². The van der Waals surface area contributed by atoms with Crippen molar-refractivity contribution in [3.63, 3.8) is 0 Å². The second-order valence-electron chi connectivity index (χ2n) is 7.21. The molecule has 0 spiro atoms. The van der Waals surface area contributed by atoms with Crippen LogP contribution < -0.4 is 5.73 Å². The summed E-state index contributed by atoms with van der Waals surface area (Å²) >= 11 is 12.3. The highest BCUT2D eigenvalue weighted by Gasteiger charge is 2.38. The maximum Gasteiger partial charge on any atom is 0.305 e. The molecule has 0 radical (unpaired) electrons.